The predicted molar refractivity (Wildman–Crippen MR) is 75.9 cm³/mol. The highest BCUT2D eigenvalue weighted by molar-refractivity contribution is 8.00. The number of carbonyl (C=O) groups is 3. The number of urea groups is 1. The average molecular weight is 294 g/mol. The summed E-state index contributed by atoms with van der Waals surface area (Å²) in [5.41, 5.74) is 0.126. The third kappa shape index (κ3) is 5.15. The summed E-state index contributed by atoms with van der Waals surface area (Å²) in [5, 5.41) is 13.5. The maximum absolute atomic E-state index is 11.5. The highest BCUT2D eigenvalue weighted by atomic mass is 32.2. The van der Waals surface area contributed by atoms with Gasteiger partial charge in [-0.05, 0) is 12.1 Å². The minimum Gasteiger partial charge on any atom is -0.478 e. The molecule has 7 heteroatoms. The second-order valence-corrected chi connectivity index (χ2v) is 4.65. The number of carboxylic acids is 1. The van der Waals surface area contributed by atoms with E-state index in [0.29, 0.717) is 4.90 Å². The van der Waals surface area contributed by atoms with Gasteiger partial charge in [0.1, 0.15) is 0 Å². The summed E-state index contributed by atoms with van der Waals surface area (Å²) >= 11 is 1.06. The van der Waals surface area contributed by atoms with Crippen LogP contribution in [0.4, 0.5) is 4.79 Å². The molecule has 0 spiro atoms. The molecule has 1 rings (SSSR count). The smallest absolute Gasteiger partial charge is 0.336 e. The normalized spacial score (nSPS) is 9.60. The van der Waals surface area contributed by atoms with Gasteiger partial charge in [-0.15, -0.1) is 18.3 Å². The van der Waals surface area contributed by atoms with Crippen molar-refractivity contribution in [1.29, 1.82) is 0 Å². The molecule has 0 aliphatic heterocycles. The maximum atomic E-state index is 11.5. The van der Waals surface area contributed by atoms with Crippen LogP contribution in [0.5, 0.6) is 0 Å². The molecule has 0 aromatic heterocycles. The topological polar surface area (TPSA) is 95.5 Å². The molecule has 0 aliphatic carbocycles. The first-order chi connectivity index (χ1) is 9.54. The van der Waals surface area contributed by atoms with Crippen molar-refractivity contribution < 1.29 is 19.5 Å². The lowest BCUT2D eigenvalue weighted by molar-refractivity contribution is -0.117. The molecule has 0 bridgehead atoms. The van der Waals surface area contributed by atoms with Gasteiger partial charge in [-0.3, -0.25) is 10.1 Å². The summed E-state index contributed by atoms with van der Waals surface area (Å²) in [7, 11) is 0. The number of nitrogens with one attached hydrogen (secondary N) is 2. The molecular weight excluding hydrogens is 280 g/mol. The third-order valence-electron chi connectivity index (χ3n) is 2.14. The monoisotopic (exact) mass is 294 g/mol. The van der Waals surface area contributed by atoms with E-state index in [4.69, 9.17) is 5.11 Å². The highest BCUT2D eigenvalue weighted by Crippen LogP contribution is 2.22. The zero-order valence-electron chi connectivity index (χ0n) is 10.6. The van der Waals surface area contributed by atoms with Gasteiger partial charge >= 0.3 is 12.0 Å². The lowest BCUT2D eigenvalue weighted by Crippen LogP contribution is -2.40. The molecule has 0 radical (unpaired) electrons. The van der Waals surface area contributed by atoms with Gasteiger partial charge in [-0.25, -0.2) is 9.59 Å². The standard InChI is InChI=1S/C13H14N2O4S/c1-2-7-14-13(19)15-11(16)8-20-10-6-4-3-5-9(10)12(17)18/h2-6H,1,7-8H2,(H,17,18)(H2,14,15,16,19). The van der Waals surface area contributed by atoms with E-state index in [-0.39, 0.29) is 17.9 Å². The Bertz CT molecular complexity index is 531. The fourth-order valence-electron chi connectivity index (χ4n) is 1.28. The van der Waals surface area contributed by atoms with Crippen LogP contribution >= 0.6 is 11.8 Å². The van der Waals surface area contributed by atoms with Crippen LogP contribution in [0.15, 0.2) is 41.8 Å². The minimum absolute atomic E-state index is 0.0498. The van der Waals surface area contributed by atoms with E-state index >= 15 is 0 Å². The molecule has 0 heterocycles. The SMILES string of the molecule is C=CCNC(=O)NC(=O)CSc1ccccc1C(=O)O. The molecule has 0 unspecified atom stereocenters. The van der Waals surface area contributed by atoms with Gasteiger partial charge in [-0.1, -0.05) is 18.2 Å². The largest absolute Gasteiger partial charge is 0.478 e. The van der Waals surface area contributed by atoms with E-state index in [1.165, 1.54) is 12.1 Å². The summed E-state index contributed by atoms with van der Waals surface area (Å²) in [4.78, 5) is 34.2. The molecule has 3 N–H and O–H groups in total. The van der Waals surface area contributed by atoms with Crippen molar-refractivity contribution >= 4 is 29.7 Å². The second kappa shape index (κ2) is 8.00. The number of hydrogen-bond donors (Lipinski definition) is 3. The van der Waals surface area contributed by atoms with Crippen molar-refractivity contribution in [1.82, 2.24) is 10.6 Å². The molecule has 0 atom stereocenters. The van der Waals surface area contributed by atoms with Gasteiger partial charge in [0.05, 0.1) is 11.3 Å². The lowest BCUT2D eigenvalue weighted by atomic mass is 10.2. The number of hydrogen-bond acceptors (Lipinski definition) is 4. The zero-order chi connectivity index (χ0) is 15.0. The van der Waals surface area contributed by atoms with Gasteiger partial charge in [0.25, 0.3) is 0 Å². The number of carboxylic acid groups (broad SMARTS) is 1. The van der Waals surface area contributed by atoms with Gasteiger partial charge < -0.3 is 10.4 Å². The van der Waals surface area contributed by atoms with Gasteiger partial charge in [0.15, 0.2) is 0 Å². The van der Waals surface area contributed by atoms with Crippen LogP contribution in [-0.2, 0) is 4.79 Å². The van der Waals surface area contributed by atoms with Crippen molar-refractivity contribution in [2.24, 2.45) is 0 Å². The molecule has 6 nitrogen and oxygen atoms in total. The number of carbonyl (C=O) groups excluding carboxylic acids is 2. The van der Waals surface area contributed by atoms with Gasteiger partial charge in [0, 0.05) is 11.4 Å². The van der Waals surface area contributed by atoms with Crippen molar-refractivity contribution in [3.63, 3.8) is 0 Å². The van der Waals surface area contributed by atoms with Crippen LogP contribution < -0.4 is 10.6 Å². The highest BCUT2D eigenvalue weighted by Gasteiger charge is 2.12. The van der Waals surface area contributed by atoms with E-state index in [2.05, 4.69) is 17.2 Å². The number of amides is 3. The lowest BCUT2D eigenvalue weighted by Gasteiger charge is -2.06. The Balaban J connectivity index is 2.51. The van der Waals surface area contributed by atoms with E-state index in [1.54, 1.807) is 18.2 Å². The Morgan fingerprint density at radius 2 is 2.00 bits per heavy atom. The first-order valence-corrected chi connectivity index (χ1v) is 6.67. The number of thioether (sulfide) groups is 1. The molecule has 20 heavy (non-hydrogen) atoms. The fraction of sp³-hybridized carbons (Fsp3) is 0.154. The Kier molecular flexibility index (Phi) is 6.31. The molecule has 1 aromatic rings. The van der Waals surface area contributed by atoms with Crippen molar-refractivity contribution in [2.45, 2.75) is 4.90 Å². The van der Waals surface area contributed by atoms with Crippen LogP contribution in [0.3, 0.4) is 0 Å². The Morgan fingerprint density at radius 3 is 2.65 bits per heavy atom. The molecule has 3 amide bonds. The van der Waals surface area contributed by atoms with Crippen LogP contribution in [0.2, 0.25) is 0 Å². The van der Waals surface area contributed by atoms with Crippen molar-refractivity contribution in [3.05, 3.63) is 42.5 Å². The quantitative estimate of drug-likeness (QED) is 0.545. The van der Waals surface area contributed by atoms with E-state index in [1.807, 2.05) is 0 Å². The Morgan fingerprint density at radius 1 is 1.30 bits per heavy atom. The van der Waals surface area contributed by atoms with E-state index < -0.39 is 17.9 Å². The van der Waals surface area contributed by atoms with Crippen LogP contribution in [0.25, 0.3) is 0 Å². The van der Waals surface area contributed by atoms with Gasteiger partial charge in [-0.2, -0.15) is 0 Å². The third-order valence-corrected chi connectivity index (χ3v) is 3.21. The van der Waals surface area contributed by atoms with Crippen molar-refractivity contribution in [3.8, 4) is 0 Å². The van der Waals surface area contributed by atoms with E-state index in [9.17, 15) is 14.4 Å². The summed E-state index contributed by atoms with van der Waals surface area (Å²) in [6.07, 6.45) is 1.49. The first-order valence-electron chi connectivity index (χ1n) is 5.68. The van der Waals surface area contributed by atoms with Crippen LogP contribution in [0, 0.1) is 0 Å². The van der Waals surface area contributed by atoms with Gasteiger partial charge in [0.2, 0.25) is 5.91 Å². The van der Waals surface area contributed by atoms with E-state index in [0.717, 1.165) is 11.8 Å². The number of imide groups is 1. The average Bonchev–Trinajstić information content (AvgIpc) is 2.43. The fourth-order valence-corrected chi connectivity index (χ4v) is 2.13. The van der Waals surface area contributed by atoms with Crippen molar-refractivity contribution in [2.75, 3.05) is 12.3 Å². The molecular formula is C13H14N2O4S. The molecule has 0 saturated carbocycles. The van der Waals surface area contributed by atoms with Crippen LogP contribution in [0.1, 0.15) is 10.4 Å². The summed E-state index contributed by atoms with van der Waals surface area (Å²) in [6.45, 7) is 3.68. The Labute approximate surface area is 120 Å². The molecule has 0 saturated heterocycles. The molecule has 106 valence electrons. The maximum Gasteiger partial charge on any atom is 0.336 e. The Hall–Kier alpha value is -2.28. The first kappa shape index (κ1) is 15.8. The number of aromatic carboxylic acids is 1. The summed E-state index contributed by atoms with van der Waals surface area (Å²) < 4.78 is 0. The number of benzene rings is 1. The molecule has 0 fully saturated rings. The van der Waals surface area contributed by atoms with Crippen LogP contribution in [-0.4, -0.2) is 35.3 Å². The molecule has 1 aromatic carbocycles. The molecule has 0 aliphatic rings. The summed E-state index contributed by atoms with van der Waals surface area (Å²) in [5.74, 6) is -1.61. The number of rotatable bonds is 6. The minimum atomic E-state index is -1.06. The predicted octanol–water partition coefficient (Wildman–Crippen LogP) is 1.49. The summed E-state index contributed by atoms with van der Waals surface area (Å²) in [6, 6.07) is 5.75. The second-order valence-electron chi connectivity index (χ2n) is 3.64. The zero-order valence-corrected chi connectivity index (χ0v) is 11.4.